The SMILES string of the molecule is COc1c(C(C)(C)C)cc2c(c1-c1ccccc1)C=C(CC(C)(C)C)[CH]2[Zr]([CH]1C(CC(C)(C)C)=Cc2c1cc(C(C)(C)C)c(OC)c2-c1ccccc1)=[Si](C)C. The van der Waals surface area contributed by atoms with E-state index in [9.17, 15) is 0 Å². The fourth-order valence-electron chi connectivity index (χ4n) is 9.46. The Labute approximate surface area is 348 Å². The third kappa shape index (κ3) is 8.45. The van der Waals surface area contributed by atoms with Crippen LogP contribution in [-0.4, -0.2) is 19.7 Å². The van der Waals surface area contributed by atoms with Gasteiger partial charge in [-0.1, -0.05) is 0 Å². The molecule has 4 aromatic carbocycles. The standard InChI is InChI=1S/2C25H31O.C2H6Si.Zr/c2*1-24(2,3)16-17-13-19-15-21(25(4,5)6)23(26-7)22(20(19)14-17)18-11-9-8-10-12-18;1-3-2;/h2*8-15H,16H2,1-7H3;1-2H3;. The van der Waals surface area contributed by atoms with E-state index < -0.39 is 25.8 Å². The summed E-state index contributed by atoms with van der Waals surface area (Å²) >= 11 is -2.62. The first kappa shape index (κ1) is 42.7. The van der Waals surface area contributed by atoms with Crippen molar-refractivity contribution in [3.05, 3.63) is 117 Å². The Hall–Kier alpha value is -2.94. The maximum atomic E-state index is 6.47. The summed E-state index contributed by atoms with van der Waals surface area (Å²) in [5, 5.41) is 0. The van der Waals surface area contributed by atoms with E-state index in [1.807, 2.05) is 14.2 Å². The first-order valence-corrected chi connectivity index (χ1v) is 29.8. The molecule has 0 aliphatic heterocycles. The van der Waals surface area contributed by atoms with Crippen LogP contribution in [0.4, 0.5) is 0 Å². The summed E-state index contributed by atoms with van der Waals surface area (Å²) < 4.78 is 13.9. The zero-order valence-corrected chi connectivity index (χ0v) is 40.9. The number of fused-ring (bicyclic) bond motifs is 2. The molecular weight excluding hydrogens is 776 g/mol. The molecule has 4 aromatic rings. The van der Waals surface area contributed by atoms with Gasteiger partial charge < -0.3 is 0 Å². The molecule has 0 aromatic heterocycles. The number of ether oxygens (including phenoxy) is 2. The monoisotopic (exact) mass is 842 g/mol. The van der Waals surface area contributed by atoms with Crippen LogP contribution in [0.15, 0.2) is 83.9 Å². The van der Waals surface area contributed by atoms with Crippen LogP contribution in [0.1, 0.15) is 137 Å². The first-order chi connectivity index (χ1) is 26.1. The molecule has 0 N–H and O–H groups in total. The van der Waals surface area contributed by atoms with Crippen LogP contribution < -0.4 is 9.47 Å². The average molecular weight is 844 g/mol. The summed E-state index contributed by atoms with van der Waals surface area (Å²) in [6.45, 7) is 34.1. The van der Waals surface area contributed by atoms with E-state index in [0.29, 0.717) is 7.25 Å². The van der Waals surface area contributed by atoms with Crippen LogP contribution >= 0.6 is 0 Å². The fourth-order valence-corrected chi connectivity index (χ4v) is 29.7. The van der Waals surface area contributed by atoms with Gasteiger partial charge in [0.1, 0.15) is 0 Å². The van der Waals surface area contributed by atoms with Gasteiger partial charge in [-0.05, 0) is 0 Å². The van der Waals surface area contributed by atoms with Gasteiger partial charge in [0.2, 0.25) is 0 Å². The minimum atomic E-state index is -2.62. The first-order valence-electron chi connectivity index (χ1n) is 20.8. The van der Waals surface area contributed by atoms with Crippen molar-refractivity contribution in [1.29, 1.82) is 0 Å². The molecule has 2 aliphatic rings. The molecule has 0 saturated carbocycles. The molecule has 0 radical (unpaired) electrons. The number of rotatable bonds is 8. The quantitative estimate of drug-likeness (QED) is 0.165. The van der Waals surface area contributed by atoms with Crippen LogP contribution in [0.3, 0.4) is 0 Å². The van der Waals surface area contributed by atoms with Gasteiger partial charge >= 0.3 is 351 Å². The van der Waals surface area contributed by atoms with Crippen molar-refractivity contribution in [3.8, 4) is 33.8 Å². The molecule has 56 heavy (non-hydrogen) atoms. The van der Waals surface area contributed by atoms with Crippen LogP contribution in [0, 0.1) is 10.8 Å². The molecule has 0 saturated heterocycles. The molecule has 4 heteroatoms. The second-order valence-corrected chi connectivity index (χ2v) is 39.0. The van der Waals surface area contributed by atoms with Crippen molar-refractivity contribution in [3.63, 3.8) is 0 Å². The van der Waals surface area contributed by atoms with E-state index in [-0.39, 0.29) is 21.7 Å². The molecular formula is C52H68O2SiZr. The van der Waals surface area contributed by atoms with E-state index in [2.05, 4.69) is 181 Å². The second-order valence-electron chi connectivity index (χ2n) is 21.1. The third-order valence-electron chi connectivity index (χ3n) is 11.5. The summed E-state index contributed by atoms with van der Waals surface area (Å²) in [6, 6.07) is 27.4. The molecule has 0 heterocycles. The summed E-state index contributed by atoms with van der Waals surface area (Å²) in [4.78, 5) is 0. The summed E-state index contributed by atoms with van der Waals surface area (Å²) in [5.74, 6) is 2.07. The van der Waals surface area contributed by atoms with Crippen molar-refractivity contribution >= 4 is 17.6 Å². The average Bonchev–Trinajstić information content (AvgIpc) is 3.61. The molecule has 2 atom stereocenters. The van der Waals surface area contributed by atoms with Gasteiger partial charge in [0, 0.05) is 0 Å². The topological polar surface area (TPSA) is 18.5 Å². The zero-order chi connectivity index (χ0) is 41.1. The molecule has 2 aliphatic carbocycles. The Morgan fingerprint density at radius 3 is 1.14 bits per heavy atom. The van der Waals surface area contributed by atoms with E-state index in [1.54, 1.807) is 22.3 Å². The number of benzene rings is 4. The number of allylic oxidation sites excluding steroid dienone is 2. The van der Waals surface area contributed by atoms with Crippen molar-refractivity contribution in [1.82, 2.24) is 0 Å². The van der Waals surface area contributed by atoms with Crippen LogP contribution in [0.5, 0.6) is 11.5 Å². The molecule has 0 amide bonds. The van der Waals surface area contributed by atoms with Gasteiger partial charge in [-0.15, -0.1) is 0 Å². The minimum absolute atomic E-state index is 0.0863. The van der Waals surface area contributed by atoms with Crippen LogP contribution in [0.2, 0.25) is 13.1 Å². The van der Waals surface area contributed by atoms with Crippen molar-refractivity contribution in [2.45, 2.75) is 127 Å². The van der Waals surface area contributed by atoms with E-state index in [4.69, 9.17) is 9.47 Å². The Morgan fingerprint density at radius 2 is 0.875 bits per heavy atom. The van der Waals surface area contributed by atoms with E-state index >= 15 is 0 Å². The van der Waals surface area contributed by atoms with Gasteiger partial charge in [0.05, 0.1) is 0 Å². The molecule has 2 unspecified atom stereocenters. The Balaban J connectivity index is 1.75. The number of hydrogen-bond donors (Lipinski definition) is 0. The number of methoxy groups -OCH3 is 2. The Morgan fingerprint density at radius 1 is 0.536 bits per heavy atom. The molecule has 2 nitrogen and oxygen atoms in total. The molecule has 6 rings (SSSR count). The summed E-state index contributed by atoms with van der Waals surface area (Å²) in [6.07, 6.45) is 7.49. The van der Waals surface area contributed by atoms with Crippen molar-refractivity contribution < 1.29 is 29.8 Å². The van der Waals surface area contributed by atoms with Gasteiger partial charge in [-0.25, -0.2) is 0 Å². The van der Waals surface area contributed by atoms with Crippen LogP contribution in [-0.2, 0) is 31.2 Å². The maximum absolute atomic E-state index is 6.47. The van der Waals surface area contributed by atoms with Gasteiger partial charge in [-0.3, -0.25) is 0 Å². The fraction of sp³-hybridized carbons (Fsp3) is 0.462. The summed E-state index contributed by atoms with van der Waals surface area (Å²) in [5.41, 5.74) is 16.4. The molecule has 296 valence electrons. The van der Waals surface area contributed by atoms with E-state index in [1.165, 1.54) is 44.5 Å². The number of hydrogen-bond acceptors (Lipinski definition) is 2. The van der Waals surface area contributed by atoms with Crippen LogP contribution in [0.25, 0.3) is 34.4 Å². The molecule has 0 bridgehead atoms. The third-order valence-corrected chi connectivity index (χ3v) is 31.0. The Kier molecular flexibility index (Phi) is 11.9. The van der Waals surface area contributed by atoms with Gasteiger partial charge in [-0.2, -0.15) is 0 Å². The second kappa shape index (κ2) is 15.7. The van der Waals surface area contributed by atoms with Crippen molar-refractivity contribution in [2.24, 2.45) is 10.8 Å². The molecule has 0 spiro atoms. The van der Waals surface area contributed by atoms with Gasteiger partial charge in [0.25, 0.3) is 0 Å². The molecule has 0 fully saturated rings. The predicted molar refractivity (Wildman–Crippen MR) is 241 cm³/mol. The van der Waals surface area contributed by atoms with Gasteiger partial charge in [0.15, 0.2) is 0 Å². The van der Waals surface area contributed by atoms with E-state index in [0.717, 1.165) is 24.3 Å². The van der Waals surface area contributed by atoms with Crippen molar-refractivity contribution in [2.75, 3.05) is 14.2 Å². The Bertz CT molecular complexity index is 2050. The predicted octanol–water partition coefficient (Wildman–Crippen LogP) is 15.0. The zero-order valence-electron chi connectivity index (χ0n) is 37.5. The summed E-state index contributed by atoms with van der Waals surface area (Å²) in [7, 11) is 3.75. The normalized spacial score (nSPS) is 16.9.